The van der Waals surface area contributed by atoms with E-state index in [9.17, 15) is 0 Å². The van der Waals surface area contributed by atoms with Crippen LogP contribution in [0.4, 0.5) is 0 Å². The second kappa shape index (κ2) is 8.30. The summed E-state index contributed by atoms with van der Waals surface area (Å²) in [6.07, 6.45) is 11.0. The van der Waals surface area contributed by atoms with E-state index in [1.165, 1.54) is 39.3 Å². The Hall–Kier alpha value is 0.213. The normalized spacial score (nSPS) is 16.0. The van der Waals surface area contributed by atoms with Crippen LogP contribution >= 0.6 is 31.9 Å². The maximum Gasteiger partial charge on any atom is -1.00 e. The van der Waals surface area contributed by atoms with Crippen molar-refractivity contribution in [2.24, 2.45) is 0 Å². The number of allylic oxidation sites excluding steroid dienone is 4. The average molecular weight is 590 g/mol. The van der Waals surface area contributed by atoms with Crippen LogP contribution in [0.2, 0.25) is 0 Å². The van der Waals surface area contributed by atoms with Gasteiger partial charge in [-0.05, 0) is 0 Å². The van der Waals surface area contributed by atoms with Crippen LogP contribution in [-0.2, 0) is 21.3 Å². The van der Waals surface area contributed by atoms with Crippen molar-refractivity contribution in [2.75, 3.05) is 0 Å². The summed E-state index contributed by atoms with van der Waals surface area (Å²) in [6, 6.07) is 13.9. The second-order valence-corrected chi connectivity index (χ2v) is 15.3. The Bertz CT molecular complexity index is 918. The first kappa shape index (κ1) is 20.9. The first-order chi connectivity index (χ1) is 11.7. The summed E-state index contributed by atoms with van der Waals surface area (Å²) in [6.45, 7) is 0. The van der Waals surface area contributed by atoms with Gasteiger partial charge in [0.25, 0.3) is 0 Å². The van der Waals surface area contributed by atoms with Gasteiger partial charge < -0.3 is 24.8 Å². The molecule has 5 heteroatoms. The molecule has 0 saturated heterocycles. The molecule has 0 heterocycles. The molecule has 0 atom stereocenters. The van der Waals surface area contributed by atoms with Crippen LogP contribution in [0.5, 0.6) is 0 Å². The molecular formula is C21H16Br2Cl2Zr. The van der Waals surface area contributed by atoms with Crippen molar-refractivity contribution in [3.63, 3.8) is 0 Å². The summed E-state index contributed by atoms with van der Waals surface area (Å²) in [5.74, 6) is 0. The first-order valence-electron chi connectivity index (χ1n) is 8.39. The predicted octanol–water partition coefficient (Wildman–Crippen LogP) is 0.718. The van der Waals surface area contributed by atoms with E-state index in [4.69, 9.17) is 0 Å². The van der Waals surface area contributed by atoms with Crippen LogP contribution in [0.3, 0.4) is 0 Å². The SMILES string of the molecule is Brc1ccc2c(c1)-c1cc(Br)ccc1[CH]2[Zr+2]([C]1=CC=CC1)=[C]1CC1.[Cl-].[Cl-]. The number of fused-ring (bicyclic) bond motifs is 3. The number of hydrogen-bond donors (Lipinski definition) is 0. The van der Waals surface area contributed by atoms with Gasteiger partial charge in [0.15, 0.2) is 0 Å². The van der Waals surface area contributed by atoms with Crippen LogP contribution in [0.15, 0.2) is 66.9 Å². The quantitative estimate of drug-likeness (QED) is 0.484. The zero-order valence-corrected chi connectivity index (χ0v) is 21.0. The molecule has 132 valence electrons. The Labute approximate surface area is 191 Å². The first-order valence-corrected chi connectivity index (χ1v) is 13.9. The minimum absolute atomic E-state index is 0. The van der Waals surface area contributed by atoms with Gasteiger partial charge in [0.05, 0.1) is 0 Å². The summed E-state index contributed by atoms with van der Waals surface area (Å²) >= 11 is 5.53. The van der Waals surface area contributed by atoms with E-state index in [-0.39, 0.29) is 24.8 Å². The van der Waals surface area contributed by atoms with Crippen molar-refractivity contribution in [3.05, 3.63) is 78.0 Å². The van der Waals surface area contributed by atoms with Gasteiger partial charge in [0, 0.05) is 0 Å². The maximum atomic E-state index is 3.68. The Morgan fingerprint density at radius 3 is 1.88 bits per heavy atom. The molecule has 2 aromatic rings. The largest absolute Gasteiger partial charge is 1.00 e. The fraction of sp³-hybridized carbons (Fsp3) is 0.190. The van der Waals surface area contributed by atoms with Gasteiger partial charge in [-0.3, -0.25) is 0 Å². The summed E-state index contributed by atoms with van der Waals surface area (Å²) in [7, 11) is 0. The van der Waals surface area contributed by atoms with Gasteiger partial charge in [-0.15, -0.1) is 0 Å². The number of hydrogen-bond acceptors (Lipinski definition) is 0. The zero-order valence-electron chi connectivity index (χ0n) is 13.9. The predicted molar refractivity (Wildman–Crippen MR) is 105 cm³/mol. The van der Waals surface area contributed by atoms with E-state index < -0.39 is 21.3 Å². The molecule has 5 rings (SSSR count). The van der Waals surface area contributed by atoms with Crippen LogP contribution in [0.25, 0.3) is 11.1 Å². The Morgan fingerprint density at radius 2 is 1.42 bits per heavy atom. The smallest absolute Gasteiger partial charge is 1.00 e. The fourth-order valence-electron chi connectivity index (χ4n) is 4.10. The van der Waals surface area contributed by atoms with Crippen LogP contribution in [-0.4, -0.2) is 3.21 Å². The molecule has 0 N–H and O–H groups in total. The van der Waals surface area contributed by atoms with Gasteiger partial charge in [-0.1, -0.05) is 0 Å². The summed E-state index contributed by atoms with van der Waals surface area (Å²) in [4.78, 5) is 0. The summed E-state index contributed by atoms with van der Waals surface area (Å²) in [5.41, 5.74) is 6.04. The van der Waals surface area contributed by atoms with E-state index in [1.807, 2.05) is 3.21 Å². The number of halogens is 4. The summed E-state index contributed by atoms with van der Waals surface area (Å²) < 4.78 is 6.75. The minimum Gasteiger partial charge on any atom is -1.00 e. The van der Waals surface area contributed by atoms with Crippen molar-refractivity contribution in [2.45, 2.75) is 22.9 Å². The molecule has 0 spiro atoms. The molecule has 0 aromatic heterocycles. The molecule has 0 radical (unpaired) electrons. The van der Waals surface area contributed by atoms with Gasteiger partial charge in [0.2, 0.25) is 0 Å². The third-order valence-electron chi connectivity index (χ3n) is 5.23. The summed E-state index contributed by atoms with van der Waals surface area (Å²) in [5, 5.41) is 0. The molecule has 0 amide bonds. The van der Waals surface area contributed by atoms with E-state index in [0.29, 0.717) is 3.63 Å². The van der Waals surface area contributed by atoms with E-state index in [0.717, 1.165) is 0 Å². The molecular weight excluding hydrogens is 574 g/mol. The maximum absolute atomic E-state index is 3.68. The topological polar surface area (TPSA) is 0 Å². The van der Waals surface area contributed by atoms with Crippen molar-refractivity contribution < 1.29 is 46.1 Å². The third kappa shape index (κ3) is 3.60. The number of rotatable bonds is 2. The second-order valence-electron chi connectivity index (χ2n) is 6.74. The van der Waals surface area contributed by atoms with Crippen molar-refractivity contribution >= 4 is 35.1 Å². The molecule has 0 aliphatic heterocycles. The van der Waals surface area contributed by atoms with Crippen molar-refractivity contribution in [3.8, 4) is 11.1 Å². The van der Waals surface area contributed by atoms with E-state index >= 15 is 0 Å². The minimum atomic E-state index is -1.83. The fourth-order valence-corrected chi connectivity index (χ4v) is 13.8. The van der Waals surface area contributed by atoms with Crippen LogP contribution in [0, 0.1) is 0 Å². The molecule has 0 unspecified atom stereocenters. The van der Waals surface area contributed by atoms with E-state index in [1.54, 1.807) is 14.4 Å². The number of benzene rings is 2. The molecule has 3 aliphatic rings. The monoisotopic (exact) mass is 586 g/mol. The van der Waals surface area contributed by atoms with Crippen LogP contribution in [0.1, 0.15) is 34.0 Å². The molecule has 2 aromatic carbocycles. The standard InChI is InChI=1S/C13H7Br2.C5H5.C3H4.2ClH.Zr/c14-10-3-1-8-5-9-2-4-11(15)7-13(9)12(8)6-10;1-2-4-5-3-1;1-2-3-1;;;/h1-7H;1-3H,4H2;1-2H2;2*1H;/q;;;;;+2/p-2. The van der Waals surface area contributed by atoms with Crippen molar-refractivity contribution in [1.82, 2.24) is 0 Å². The van der Waals surface area contributed by atoms with E-state index in [2.05, 4.69) is 86.5 Å². The molecule has 0 bridgehead atoms. The molecule has 1 saturated carbocycles. The zero-order chi connectivity index (χ0) is 16.3. The Morgan fingerprint density at radius 1 is 0.846 bits per heavy atom. The van der Waals surface area contributed by atoms with Gasteiger partial charge in [-0.25, -0.2) is 0 Å². The van der Waals surface area contributed by atoms with Crippen LogP contribution < -0.4 is 24.8 Å². The average Bonchev–Trinajstić information content (AvgIpc) is 3.17. The Kier molecular flexibility index (Phi) is 6.68. The molecule has 1 fully saturated rings. The molecule has 26 heavy (non-hydrogen) atoms. The van der Waals surface area contributed by atoms with Gasteiger partial charge in [-0.2, -0.15) is 0 Å². The third-order valence-corrected chi connectivity index (χ3v) is 14.9. The van der Waals surface area contributed by atoms with Crippen molar-refractivity contribution in [1.29, 1.82) is 0 Å². The molecule has 0 nitrogen and oxygen atoms in total. The van der Waals surface area contributed by atoms with Gasteiger partial charge >= 0.3 is 168 Å². The molecule has 3 aliphatic carbocycles. The Balaban J connectivity index is 0.000000980. The van der Waals surface area contributed by atoms with Gasteiger partial charge in [0.1, 0.15) is 0 Å².